The van der Waals surface area contributed by atoms with Gasteiger partial charge in [-0.1, -0.05) is 13.3 Å². The lowest BCUT2D eigenvalue weighted by Gasteiger charge is -2.15. The van der Waals surface area contributed by atoms with Gasteiger partial charge in [0.2, 0.25) is 0 Å². The van der Waals surface area contributed by atoms with Crippen LogP contribution >= 0.6 is 0 Å². The second-order valence-electron chi connectivity index (χ2n) is 3.12. The lowest BCUT2D eigenvalue weighted by Crippen LogP contribution is -2.38. The SMILES string of the molecule is CCCC(NCCCO)C(=O)OCC. The first-order valence-electron chi connectivity index (χ1n) is 5.27. The van der Waals surface area contributed by atoms with E-state index in [4.69, 9.17) is 9.84 Å². The van der Waals surface area contributed by atoms with Crippen molar-refractivity contribution in [3.63, 3.8) is 0 Å². The number of aliphatic hydroxyl groups excluding tert-OH is 1. The van der Waals surface area contributed by atoms with E-state index in [2.05, 4.69) is 5.32 Å². The lowest BCUT2D eigenvalue weighted by atomic mass is 10.1. The van der Waals surface area contributed by atoms with E-state index >= 15 is 0 Å². The molecule has 0 bridgehead atoms. The average Bonchev–Trinajstić information content (AvgIpc) is 2.17. The molecule has 14 heavy (non-hydrogen) atoms. The third-order valence-electron chi connectivity index (χ3n) is 1.87. The van der Waals surface area contributed by atoms with Gasteiger partial charge in [0.1, 0.15) is 6.04 Å². The molecule has 0 radical (unpaired) electrons. The molecule has 0 amide bonds. The summed E-state index contributed by atoms with van der Waals surface area (Å²) in [4.78, 5) is 11.4. The van der Waals surface area contributed by atoms with Crippen LogP contribution in [0.5, 0.6) is 0 Å². The Morgan fingerprint density at radius 1 is 1.50 bits per heavy atom. The number of nitrogens with one attached hydrogen (secondary N) is 1. The van der Waals surface area contributed by atoms with Gasteiger partial charge in [-0.25, -0.2) is 0 Å². The van der Waals surface area contributed by atoms with Crippen LogP contribution in [0.4, 0.5) is 0 Å². The fourth-order valence-corrected chi connectivity index (χ4v) is 1.19. The number of carbonyl (C=O) groups excluding carboxylic acids is 1. The molecule has 1 unspecified atom stereocenters. The largest absolute Gasteiger partial charge is 0.465 e. The van der Waals surface area contributed by atoms with Crippen molar-refractivity contribution in [2.75, 3.05) is 19.8 Å². The van der Waals surface area contributed by atoms with Crippen LogP contribution in [-0.4, -0.2) is 36.9 Å². The maximum absolute atomic E-state index is 11.4. The molecule has 1 atom stereocenters. The van der Waals surface area contributed by atoms with Gasteiger partial charge in [0, 0.05) is 6.61 Å². The van der Waals surface area contributed by atoms with E-state index in [1.165, 1.54) is 0 Å². The van der Waals surface area contributed by atoms with E-state index in [9.17, 15) is 4.79 Å². The Balaban J connectivity index is 3.81. The van der Waals surface area contributed by atoms with Gasteiger partial charge in [0.05, 0.1) is 6.61 Å². The number of ether oxygens (including phenoxy) is 1. The van der Waals surface area contributed by atoms with Crippen molar-refractivity contribution in [3.05, 3.63) is 0 Å². The molecule has 0 aliphatic heterocycles. The third kappa shape index (κ3) is 5.94. The Kier molecular flexibility index (Phi) is 8.57. The van der Waals surface area contributed by atoms with Gasteiger partial charge in [-0.05, 0) is 26.3 Å². The molecule has 4 heteroatoms. The van der Waals surface area contributed by atoms with Gasteiger partial charge in [-0.2, -0.15) is 0 Å². The van der Waals surface area contributed by atoms with E-state index in [0.29, 0.717) is 19.6 Å². The molecule has 0 saturated carbocycles. The first kappa shape index (κ1) is 13.4. The molecule has 0 spiro atoms. The Bertz CT molecular complexity index is 150. The van der Waals surface area contributed by atoms with Crippen molar-refractivity contribution in [2.24, 2.45) is 0 Å². The fourth-order valence-electron chi connectivity index (χ4n) is 1.19. The molecule has 0 heterocycles. The highest BCUT2D eigenvalue weighted by molar-refractivity contribution is 5.75. The van der Waals surface area contributed by atoms with Crippen molar-refractivity contribution in [1.29, 1.82) is 0 Å². The fraction of sp³-hybridized carbons (Fsp3) is 0.900. The maximum Gasteiger partial charge on any atom is 0.323 e. The highest BCUT2D eigenvalue weighted by Gasteiger charge is 2.17. The summed E-state index contributed by atoms with van der Waals surface area (Å²) < 4.78 is 4.92. The molecular weight excluding hydrogens is 182 g/mol. The molecule has 0 fully saturated rings. The van der Waals surface area contributed by atoms with Gasteiger partial charge in [0.15, 0.2) is 0 Å². The van der Waals surface area contributed by atoms with Crippen molar-refractivity contribution in [3.8, 4) is 0 Å². The molecule has 0 aliphatic carbocycles. The summed E-state index contributed by atoms with van der Waals surface area (Å²) in [6, 6.07) is -0.216. The number of carbonyl (C=O) groups is 1. The van der Waals surface area contributed by atoms with Gasteiger partial charge < -0.3 is 15.2 Å². The van der Waals surface area contributed by atoms with Crippen molar-refractivity contribution >= 4 is 5.97 Å². The zero-order valence-corrected chi connectivity index (χ0v) is 9.08. The summed E-state index contributed by atoms with van der Waals surface area (Å²) in [6.07, 6.45) is 2.39. The quantitative estimate of drug-likeness (QED) is 0.450. The average molecular weight is 203 g/mol. The van der Waals surface area contributed by atoms with Gasteiger partial charge in [-0.15, -0.1) is 0 Å². The van der Waals surface area contributed by atoms with Crippen LogP contribution in [0.25, 0.3) is 0 Å². The monoisotopic (exact) mass is 203 g/mol. The molecule has 0 aromatic heterocycles. The number of esters is 1. The molecular formula is C10H21NO3. The standard InChI is InChI=1S/C10H21NO3/c1-3-6-9(10(13)14-4-2)11-7-5-8-12/h9,11-12H,3-8H2,1-2H3. The van der Waals surface area contributed by atoms with Crippen LogP contribution in [0.2, 0.25) is 0 Å². The van der Waals surface area contributed by atoms with Crippen LogP contribution in [0.3, 0.4) is 0 Å². The molecule has 0 aromatic carbocycles. The third-order valence-corrected chi connectivity index (χ3v) is 1.87. The van der Waals surface area contributed by atoms with E-state index in [0.717, 1.165) is 12.8 Å². The molecule has 0 aliphatic rings. The topological polar surface area (TPSA) is 58.6 Å². The predicted molar refractivity (Wildman–Crippen MR) is 55.0 cm³/mol. The van der Waals surface area contributed by atoms with Crippen molar-refractivity contribution < 1.29 is 14.6 Å². The normalized spacial score (nSPS) is 12.5. The van der Waals surface area contributed by atoms with Crippen molar-refractivity contribution in [1.82, 2.24) is 5.32 Å². The van der Waals surface area contributed by atoms with E-state index < -0.39 is 0 Å². The summed E-state index contributed by atoms with van der Waals surface area (Å²) in [7, 11) is 0. The first-order valence-corrected chi connectivity index (χ1v) is 5.27. The second kappa shape index (κ2) is 8.97. The lowest BCUT2D eigenvalue weighted by molar-refractivity contribution is -0.145. The highest BCUT2D eigenvalue weighted by Crippen LogP contribution is 1.99. The zero-order chi connectivity index (χ0) is 10.8. The molecule has 4 nitrogen and oxygen atoms in total. The Labute approximate surface area is 85.6 Å². The highest BCUT2D eigenvalue weighted by atomic mass is 16.5. The van der Waals surface area contributed by atoms with Crippen molar-refractivity contribution in [2.45, 2.75) is 39.2 Å². The molecule has 0 aromatic rings. The molecule has 84 valence electrons. The van der Waals surface area contributed by atoms with Gasteiger partial charge >= 0.3 is 5.97 Å². The number of hydrogen-bond acceptors (Lipinski definition) is 4. The smallest absolute Gasteiger partial charge is 0.323 e. The van der Waals surface area contributed by atoms with E-state index in [1.54, 1.807) is 6.92 Å². The minimum Gasteiger partial charge on any atom is -0.465 e. The minimum absolute atomic E-state index is 0.147. The van der Waals surface area contributed by atoms with Crippen LogP contribution < -0.4 is 5.32 Å². The summed E-state index contributed by atoms with van der Waals surface area (Å²) in [5, 5.41) is 11.7. The number of rotatable bonds is 8. The minimum atomic E-state index is -0.216. The number of aliphatic hydroxyl groups is 1. The van der Waals surface area contributed by atoms with Crippen LogP contribution in [-0.2, 0) is 9.53 Å². The summed E-state index contributed by atoms with van der Waals surface area (Å²) >= 11 is 0. The van der Waals surface area contributed by atoms with Crippen LogP contribution in [0.1, 0.15) is 33.1 Å². The number of hydrogen-bond donors (Lipinski definition) is 2. The summed E-state index contributed by atoms with van der Waals surface area (Å²) in [6.45, 7) is 5.05. The summed E-state index contributed by atoms with van der Waals surface area (Å²) in [5.41, 5.74) is 0. The maximum atomic E-state index is 11.4. The van der Waals surface area contributed by atoms with Crippen LogP contribution in [0, 0.1) is 0 Å². The second-order valence-corrected chi connectivity index (χ2v) is 3.12. The molecule has 0 saturated heterocycles. The molecule has 2 N–H and O–H groups in total. The van der Waals surface area contributed by atoms with E-state index in [1.807, 2.05) is 6.92 Å². The first-order chi connectivity index (χ1) is 6.76. The molecule has 0 rings (SSSR count). The zero-order valence-electron chi connectivity index (χ0n) is 9.08. The van der Waals surface area contributed by atoms with Crippen LogP contribution in [0.15, 0.2) is 0 Å². The van der Waals surface area contributed by atoms with Gasteiger partial charge in [0.25, 0.3) is 0 Å². The Hall–Kier alpha value is -0.610. The van der Waals surface area contributed by atoms with E-state index in [-0.39, 0.29) is 18.6 Å². The predicted octanol–water partition coefficient (Wildman–Crippen LogP) is 0.690. The van der Waals surface area contributed by atoms with Gasteiger partial charge in [-0.3, -0.25) is 4.79 Å². The Morgan fingerprint density at radius 2 is 2.21 bits per heavy atom. The summed E-state index contributed by atoms with van der Waals surface area (Å²) in [5.74, 6) is -0.188. The Morgan fingerprint density at radius 3 is 2.71 bits per heavy atom.